The molecule has 1 aromatic carbocycles. The Kier molecular flexibility index (Phi) is 3.31. The summed E-state index contributed by atoms with van der Waals surface area (Å²) in [4.78, 5) is 11.8. The third-order valence-electron chi connectivity index (χ3n) is 3.25. The number of nitrogens with two attached hydrogens (primary N) is 1. The molecule has 0 aliphatic heterocycles. The third kappa shape index (κ3) is 2.96. The first-order valence-corrected chi connectivity index (χ1v) is 5.91. The van der Waals surface area contributed by atoms with E-state index in [2.05, 4.69) is 12.2 Å². The molecule has 2 rings (SSSR count). The summed E-state index contributed by atoms with van der Waals surface area (Å²) < 4.78 is 13.4. The Morgan fingerprint density at radius 2 is 2.29 bits per heavy atom. The summed E-state index contributed by atoms with van der Waals surface area (Å²) in [6.07, 6.45) is 2.48. The van der Waals surface area contributed by atoms with E-state index in [0.29, 0.717) is 18.2 Å². The van der Waals surface area contributed by atoms with Crippen LogP contribution in [0.5, 0.6) is 0 Å². The summed E-state index contributed by atoms with van der Waals surface area (Å²) in [6, 6.07) is 4.03. The second kappa shape index (κ2) is 4.73. The van der Waals surface area contributed by atoms with E-state index >= 15 is 0 Å². The van der Waals surface area contributed by atoms with E-state index in [4.69, 9.17) is 5.73 Å². The van der Waals surface area contributed by atoms with Crippen molar-refractivity contribution in [1.29, 1.82) is 0 Å². The lowest BCUT2D eigenvalue weighted by Crippen LogP contribution is -2.29. The number of hydrogen-bond acceptors (Lipinski definition) is 2. The van der Waals surface area contributed by atoms with Gasteiger partial charge in [0.2, 0.25) is 0 Å². The van der Waals surface area contributed by atoms with E-state index < -0.39 is 5.82 Å². The number of halogens is 1. The zero-order chi connectivity index (χ0) is 12.4. The van der Waals surface area contributed by atoms with Gasteiger partial charge < -0.3 is 11.1 Å². The van der Waals surface area contributed by atoms with Crippen LogP contribution in [0.4, 0.5) is 10.1 Å². The van der Waals surface area contributed by atoms with Gasteiger partial charge in [0.25, 0.3) is 5.91 Å². The van der Waals surface area contributed by atoms with Crippen LogP contribution in [-0.2, 0) is 0 Å². The molecule has 1 fully saturated rings. The predicted octanol–water partition coefficient (Wildman–Crippen LogP) is 2.18. The van der Waals surface area contributed by atoms with Gasteiger partial charge in [0.1, 0.15) is 5.82 Å². The monoisotopic (exact) mass is 236 g/mol. The average Bonchev–Trinajstić information content (AvgIpc) is 3.12. The van der Waals surface area contributed by atoms with E-state index in [0.717, 1.165) is 5.92 Å². The molecule has 1 aliphatic carbocycles. The number of rotatable bonds is 4. The molecular formula is C13H17FN2O. The van der Waals surface area contributed by atoms with Gasteiger partial charge in [-0.1, -0.05) is 6.92 Å². The van der Waals surface area contributed by atoms with E-state index in [1.165, 1.54) is 31.0 Å². The Labute approximate surface area is 100 Å². The number of nitrogens with one attached hydrogen (secondary N) is 1. The van der Waals surface area contributed by atoms with Gasteiger partial charge in [0, 0.05) is 12.2 Å². The fraction of sp³-hybridized carbons (Fsp3) is 0.462. The lowest BCUT2D eigenvalue weighted by molar-refractivity contribution is 0.0942. The van der Waals surface area contributed by atoms with Gasteiger partial charge in [-0.15, -0.1) is 0 Å². The van der Waals surface area contributed by atoms with Crippen molar-refractivity contribution in [1.82, 2.24) is 5.32 Å². The molecule has 0 spiro atoms. The first kappa shape index (κ1) is 11.9. The normalized spacial score (nSPS) is 16.6. The van der Waals surface area contributed by atoms with Crippen LogP contribution in [0.2, 0.25) is 0 Å². The Balaban J connectivity index is 1.96. The largest absolute Gasteiger partial charge is 0.399 e. The molecule has 17 heavy (non-hydrogen) atoms. The van der Waals surface area contributed by atoms with Gasteiger partial charge in [-0.3, -0.25) is 4.79 Å². The number of anilines is 1. The summed E-state index contributed by atoms with van der Waals surface area (Å²) >= 11 is 0. The van der Waals surface area contributed by atoms with Crippen LogP contribution >= 0.6 is 0 Å². The van der Waals surface area contributed by atoms with Gasteiger partial charge in [-0.2, -0.15) is 0 Å². The van der Waals surface area contributed by atoms with Gasteiger partial charge in [0.05, 0.1) is 5.56 Å². The highest BCUT2D eigenvalue weighted by Crippen LogP contribution is 2.36. The van der Waals surface area contributed by atoms with Gasteiger partial charge in [-0.25, -0.2) is 4.39 Å². The zero-order valence-electron chi connectivity index (χ0n) is 9.87. The minimum atomic E-state index is -0.532. The summed E-state index contributed by atoms with van der Waals surface area (Å²) in [5.41, 5.74) is 5.95. The quantitative estimate of drug-likeness (QED) is 0.787. The molecule has 0 bridgehead atoms. The molecule has 4 heteroatoms. The summed E-state index contributed by atoms with van der Waals surface area (Å²) in [5, 5.41) is 2.75. The van der Waals surface area contributed by atoms with Crippen molar-refractivity contribution in [2.45, 2.75) is 19.8 Å². The maximum atomic E-state index is 13.4. The second-order valence-corrected chi connectivity index (χ2v) is 4.76. The van der Waals surface area contributed by atoms with Crippen LogP contribution in [0.3, 0.4) is 0 Å². The molecule has 1 amide bonds. The highest BCUT2D eigenvalue weighted by atomic mass is 19.1. The molecule has 3 nitrogen and oxygen atoms in total. The minimum absolute atomic E-state index is 0.0213. The van der Waals surface area contributed by atoms with E-state index in [9.17, 15) is 9.18 Å². The zero-order valence-corrected chi connectivity index (χ0v) is 9.87. The highest BCUT2D eigenvalue weighted by Gasteiger charge is 2.28. The van der Waals surface area contributed by atoms with Gasteiger partial charge in [0.15, 0.2) is 0 Å². The molecule has 1 saturated carbocycles. The Bertz CT molecular complexity index is 429. The fourth-order valence-electron chi connectivity index (χ4n) is 1.90. The fourth-order valence-corrected chi connectivity index (χ4v) is 1.90. The molecule has 0 heterocycles. The summed E-state index contributed by atoms with van der Waals surface area (Å²) in [5.74, 6) is 0.266. The van der Waals surface area contributed by atoms with Crippen molar-refractivity contribution in [3.8, 4) is 0 Å². The molecule has 1 atom stereocenters. The first-order chi connectivity index (χ1) is 8.08. The molecule has 1 aliphatic rings. The average molecular weight is 236 g/mol. The van der Waals surface area contributed by atoms with Crippen LogP contribution < -0.4 is 11.1 Å². The minimum Gasteiger partial charge on any atom is -0.399 e. The lowest BCUT2D eigenvalue weighted by Gasteiger charge is -2.12. The van der Waals surface area contributed by atoms with Crippen molar-refractivity contribution in [3.63, 3.8) is 0 Å². The van der Waals surface area contributed by atoms with Crippen LogP contribution in [0.1, 0.15) is 30.1 Å². The number of amides is 1. The van der Waals surface area contributed by atoms with E-state index in [1.807, 2.05) is 0 Å². The molecule has 0 radical (unpaired) electrons. The molecule has 0 saturated heterocycles. The standard InChI is InChI=1S/C13H17FN2O/c1-8(9-2-3-9)7-16-13(17)11-6-10(15)4-5-12(11)14/h4-6,8-9H,2-3,7,15H2,1H3,(H,16,17). The maximum Gasteiger partial charge on any atom is 0.254 e. The van der Waals surface area contributed by atoms with Gasteiger partial charge >= 0.3 is 0 Å². The topological polar surface area (TPSA) is 55.1 Å². The molecule has 3 N–H and O–H groups in total. The van der Waals surface area contributed by atoms with Crippen LogP contribution in [0, 0.1) is 17.7 Å². The SMILES string of the molecule is CC(CNC(=O)c1cc(N)ccc1F)C1CC1. The number of benzene rings is 1. The number of carbonyl (C=O) groups is 1. The smallest absolute Gasteiger partial charge is 0.254 e. The van der Waals surface area contributed by atoms with Crippen molar-refractivity contribution in [3.05, 3.63) is 29.6 Å². The van der Waals surface area contributed by atoms with Crippen molar-refractivity contribution in [2.75, 3.05) is 12.3 Å². The lowest BCUT2D eigenvalue weighted by atomic mass is 10.1. The first-order valence-electron chi connectivity index (χ1n) is 5.91. The summed E-state index contributed by atoms with van der Waals surface area (Å²) in [6.45, 7) is 2.70. The van der Waals surface area contributed by atoms with Crippen LogP contribution in [0.15, 0.2) is 18.2 Å². The summed E-state index contributed by atoms with van der Waals surface area (Å²) in [7, 11) is 0. The highest BCUT2D eigenvalue weighted by molar-refractivity contribution is 5.95. The van der Waals surface area contributed by atoms with E-state index in [-0.39, 0.29) is 11.5 Å². The Morgan fingerprint density at radius 1 is 1.59 bits per heavy atom. The number of nitrogen functional groups attached to an aromatic ring is 1. The molecule has 0 aromatic heterocycles. The Morgan fingerprint density at radius 3 is 2.94 bits per heavy atom. The molecule has 1 unspecified atom stereocenters. The predicted molar refractivity (Wildman–Crippen MR) is 65.0 cm³/mol. The molecular weight excluding hydrogens is 219 g/mol. The molecule has 1 aromatic rings. The molecule has 92 valence electrons. The maximum absolute atomic E-state index is 13.4. The number of carbonyl (C=O) groups excluding carboxylic acids is 1. The van der Waals surface area contributed by atoms with Crippen LogP contribution in [0.25, 0.3) is 0 Å². The van der Waals surface area contributed by atoms with Crippen molar-refractivity contribution >= 4 is 11.6 Å². The van der Waals surface area contributed by atoms with Crippen molar-refractivity contribution in [2.24, 2.45) is 11.8 Å². The van der Waals surface area contributed by atoms with Gasteiger partial charge in [-0.05, 0) is 42.9 Å². The van der Waals surface area contributed by atoms with Crippen molar-refractivity contribution < 1.29 is 9.18 Å². The van der Waals surface area contributed by atoms with E-state index in [1.54, 1.807) is 0 Å². The third-order valence-corrected chi connectivity index (χ3v) is 3.25. The second-order valence-electron chi connectivity index (χ2n) is 4.76. The van der Waals surface area contributed by atoms with Crippen LogP contribution in [-0.4, -0.2) is 12.5 Å². The number of hydrogen-bond donors (Lipinski definition) is 2. The Hall–Kier alpha value is -1.58.